The monoisotopic (exact) mass is 468 g/mol. The fraction of sp³-hybridized carbons (Fsp3) is 0.0800. The SMILES string of the molecule is NC(=O)c1cccc2c1c1ccc(-c3cccs3)cc1n2Cc1cc(C(F)(F)F)ccc1F. The Bertz CT molecular complexity index is 1520. The number of hydrogen-bond donors (Lipinski definition) is 1. The highest BCUT2D eigenvalue weighted by Gasteiger charge is 2.31. The molecule has 0 aliphatic heterocycles. The largest absolute Gasteiger partial charge is 0.416 e. The van der Waals surface area contributed by atoms with Crippen molar-refractivity contribution in [3.05, 3.63) is 94.6 Å². The van der Waals surface area contributed by atoms with Gasteiger partial charge in [0.2, 0.25) is 5.91 Å². The van der Waals surface area contributed by atoms with E-state index >= 15 is 0 Å². The molecule has 5 aromatic rings. The molecule has 0 atom stereocenters. The number of fused-ring (bicyclic) bond motifs is 3. The third-order valence-electron chi connectivity index (χ3n) is 5.66. The first-order valence-electron chi connectivity index (χ1n) is 9.98. The lowest BCUT2D eigenvalue weighted by Crippen LogP contribution is -2.11. The van der Waals surface area contributed by atoms with Crippen LogP contribution in [0.1, 0.15) is 21.5 Å². The van der Waals surface area contributed by atoms with E-state index in [4.69, 9.17) is 5.73 Å². The molecule has 2 N–H and O–H groups in total. The standard InChI is InChI=1S/C25H16F4N2OS/c26-19-9-7-16(25(27,28)29)11-15(19)13-31-20-4-1-3-18(24(30)32)23(20)17-8-6-14(12-21(17)31)22-5-2-10-33-22/h1-12H,13H2,(H2,30,32). The van der Waals surface area contributed by atoms with E-state index in [-0.39, 0.29) is 12.1 Å². The Kier molecular flexibility index (Phi) is 4.97. The number of nitrogens with zero attached hydrogens (tertiary/aromatic N) is 1. The zero-order valence-corrected chi connectivity index (χ0v) is 17.8. The second kappa shape index (κ2) is 7.74. The number of hydrogen-bond acceptors (Lipinski definition) is 2. The Morgan fingerprint density at radius 3 is 2.48 bits per heavy atom. The molecule has 3 aromatic carbocycles. The molecule has 0 spiro atoms. The van der Waals surface area contributed by atoms with Gasteiger partial charge in [0.25, 0.3) is 0 Å². The molecule has 0 radical (unpaired) electrons. The molecule has 0 unspecified atom stereocenters. The molecule has 33 heavy (non-hydrogen) atoms. The van der Waals surface area contributed by atoms with Crippen LogP contribution in [0, 0.1) is 5.82 Å². The number of thiophene rings is 1. The number of alkyl halides is 3. The fourth-order valence-corrected chi connectivity index (χ4v) is 4.88. The van der Waals surface area contributed by atoms with E-state index in [0.29, 0.717) is 27.4 Å². The zero-order chi connectivity index (χ0) is 23.3. The van der Waals surface area contributed by atoms with Crippen LogP contribution in [-0.2, 0) is 12.7 Å². The summed E-state index contributed by atoms with van der Waals surface area (Å²) in [5, 5.41) is 3.25. The normalized spacial score (nSPS) is 12.0. The van der Waals surface area contributed by atoms with Gasteiger partial charge in [-0.15, -0.1) is 11.3 Å². The van der Waals surface area contributed by atoms with E-state index in [0.717, 1.165) is 28.6 Å². The van der Waals surface area contributed by atoms with Crippen molar-refractivity contribution in [2.24, 2.45) is 5.73 Å². The second-order valence-corrected chi connectivity index (χ2v) is 8.61. The molecule has 0 saturated heterocycles. The minimum Gasteiger partial charge on any atom is -0.366 e. The molecular formula is C25H16F4N2OS. The third-order valence-corrected chi connectivity index (χ3v) is 6.58. The topological polar surface area (TPSA) is 48.0 Å². The lowest BCUT2D eigenvalue weighted by Gasteiger charge is -2.13. The maximum Gasteiger partial charge on any atom is 0.416 e. The van der Waals surface area contributed by atoms with Crippen molar-refractivity contribution >= 4 is 39.0 Å². The first-order valence-corrected chi connectivity index (χ1v) is 10.9. The van der Waals surface area contributed by atoms with E-state index < -0.39 is 23.5 Å². The quantitative estimate of drug-likeness (QED) is 0.289. The van der Waals surface area contributed by atoms with Crippen LogP contribution in [0.15, 0.2) is 72.1 Å². The van der Waals surface area contributed by atoms with Crippen LogP contribution in [-0.4, -0.2) is 10.5 Å². The Balaban J connectivity index is 1.79. The summed E-state index contributed by atoms with van der Waals surface area (Å²) in [7, 11) is 0. The van der Waals surface area contributed by atoms with Gasteiger partial charge in [-0.3, -0.25) is 4.79 Å². The van der Waals surface area contributed by atoms with Crippen molar-refractivity contribution in [2.45, 2.75) is 12.7 Å². The lowest BCUT2D eigenvalue weighted by molar-refractivity contribution is -0.137. The number of primary amides is 1. The highest BCUT2D eigenvalue weighted by molar-refractivity contribution is 7.13. The van der Waals surface area contributed by atoms with Crippen LogP contribution in [0.25, 0.3) is 32.2 Å². The maximum absolute atomic E-state index is 14.6. The molecule has 2 heterocycles. The van der Waals surface area contributed by atoms with E-state index in [1.165, 1.54) is 0 Å². The molecule has 0 aliphatic carbocycles. The minimum atomic E-state index is -4.59. The van der Waals surface area contributed by atoms with Gasteiger partial charge in [0.1, 0.15) is 5.82 Å². The number of amides is 1. The van der Waals surface area contributed by atoms with E-state index in [1.54, 1.807) is 34.1 Å². The van der Waals surface area contributed by atoms with Gasteiger partial charge in [-0.2, -0.15) is 13.2 Å². The number of carbonyl (C=O) groups is 1. The summed E-state index contributed by atoms with van der Waals surface area (Å²) in [6.45, 7) is -0.147. The highest BCUT2D eigenvalue weighted by Crippen LogP contribution is 2.37. The van der Waals surface area contributed by atoms with Crippen molar-refractivity contribution in [1.82, 2.24) is 4.57 Å². The number of rotatable bonds is 4. The lowest BCUT2D eigenvalue weighted by atomic mass is 10.0. The van der Waals surface area contributed by atoms with Crippen LogP contribution >= 0.6 is 11.3 Å². The smallest absolute Gasteiger partial charge is 0.366 e. The van der Waals surface area contributed by atoms with E-state index in [1.807, 2.05) is 35.7 Å². The first kappa shape index (κ1) is 21.2. The van der Waals surface area contributed by atoms with Gasteiger partial charge in [-0.05, 0) is 53.4 Å². The van der Waals surface area contributed by atoms with Crippen molar-refractivity contribution < 1.29 is 22.4 Å². The summed E-state index contributed by atoms with van der Waals surface area (Å²) < 4.78 is 56.1. The van der Waals surface area contributed by atoms with Crippen molar-refractivity contribution in [2.75, 3.05) is 0 Å². The Morgan fingerprint density at radius 1 is 0.970 bits per heavy atom. The second-order valence-electron chi connectivity index (χ2n) is 7.66. The number of aromatic nitrogens is 1. The Morgan fingerprint density at radius 2 is 1.79 bits per heavy atom. The van der Waals surface area contributed by atoms with Gasteiger partial charge in [0.05, 0.1) is 23.1 Å². The predicted octanol–water partition coefficient (Wildman–Crippen LogP) is 6.83. The third kappa shape index (κ3) is 3.66. The van der Waals surface area contributed by atoms with Crippen LogP contribution in [0.4, 0.5) is 17.6 Å². The molecule has 3 nitrogen and oxygen atoms in total. The fourth-order valence-electron chi connectivity index (χ4n) is 4.16. The average molecular weight is 468 g/mol. The van der Waals surface area contributed by atoms with Crippen molar-refractivity contribution in [1.29, 1.82) is 0 Å². The molecule has 0 aliphatic rings. The molecule has 8 heteroatoms. The molecule has 5 rings (SSSR count). The van der Waals surface area contributed by atoms with Gasteiger partial charge < -0.3 is 10.3 Å². The van der Waals surface area contributed by atoms with E-state index in [2.05, 4.69) is 0 Å². The Labute approximate surface area is 189 Å². The van der Waals surface area contributed by atoms with Gasteiger partial charge in [0, 0.05) is 26.8 Å². The minimum absolute atomic E-state index is 0.102. The predicted molar refractivity (Wildman–Crippen MR) is 122 cm³/mol. The summed E-state index contributed by atoms with van der Waals surface area (Å²) in [5.74, 6) is -1.36. The summed E-state index contributed by atoms with van der Waals surface area (Å²) in [6.07, 6.45) is -4.59. The zero-order valence-electron chi connectivity index (χ0n) is 17.0. The molecule has 166 valence electrons. The molecule has 1 amide bonds. The number of halogens is 4. The number of nitrogens with two attached hydrogens (primary N) is 1. The molecule has 0 fully saturated rings. The van der Waals surface area contributed by atoms with Crippen LogP contribution < -0.4 is 5.73 Å². The molecular weight excluding hydrogens is 452 g/mol. The van der Waals surface area contributed by atoms with Gasteiger partial charge in [-0.25, -0.2) is 4.39 Å². The van der Waals surface area contributed by atoms with Crippen LogP contribution in [0.3, 0.4) is 0 Å². The summed E-state index contributed by atoms with van der Waals surface area (Å²) >= 11 is 1.55. The summed E-state index contributed by atoms with van der Waals surface area (Å²) in [6, 6.07) is 16.9. The summed E-state index contributed by atoms with van der Waals surface area (Å²) in [4.78, 5) is 13.1. The van der Waals surface area contributed by atoms with Crippen molar-refractivity contribution in [3.63, 3.8) is 0 Å². The van der Waals surface area contributed by atoms with Crippen LogP contribution in [0.5, 0.6) is 0 Å². The van der Waals surface area contributed by atoms with Gasteiger partial charge in [0.15, 0.2) is 0 Å². The summed E-state index contributed by atoms with van der Waals surface area (Å²) in [5.41, 5.74) is 7.04. The highest BCUT2D eigenvalue weighted by atomic mass is 32.1. The van der Waals surface area contributed by atoms with Gasteiger partial charge >= 0.3 is 6.18 Å². The molecule has 0 saturated carbocycles. The average Bonchev–Trinajstić information content (AvgIpc) is 3.41. The maximum atomic E-state index is 14.6. The first-order chi connectivity index (χ1) is 15.7. The van der Waals surface area contributed by atoms with Gasteiger partial charge in [-0.1, -0.05) is 24.3 Å². The number of carbonyl (C=O) groups excluding carboxylic acids is 1. The van der Waals surface area contributed by atoms with Crippen molar-refractivity contribution in [3.8, 4) is 10.4 Å². The van der Waals surface area contributed by atoms with E-state index in [9.17, 15) is 22.4 Å². The Hall–Kier alpha value is -3.65. The number of benzene rings is 3. The molecule has 0 bridgehead atoms. The van der Waals surface area contributed by atoms with Crippen LogP contribution in [0.2, 0.25) is 0 Å². The molecule has 2 aromatic heterocycles.